The predicted octanol–water partition coefficient (Wildman–Crippen LogP) is 4.76. The van der Waals surface area contributed by atoms with Crippen LogP contribution in [-0.2, 0) is 24.2 Å². The van der Waals surface area contributed by atoms with Crippen LogP contribution in [0.5, 0.6) is 17.2 Å². The first-order chi connectivity index (χ1) is 17.4. The molecule has 0 spiro atoms. The summed E-state index contributed by atoms with van der Waals surface area (Å²) in [4.78, 5) is 26.5. The van der Waals surface area contributed by atoms with Crippen LogP contribution in [0.2, 0.25) is 0 Å². The van der Waals surface area contributed by atoms with Gasteiger partial charge in [0.25, 0.3) is 5.56 Å². The number of anilines is 1. The Morgan fingerprint density at radius 3 is 2.42 bits per heavy atom. The van der Waals surface area contributed by atoms with Gasteiger partial charge in [0.2, 0.25) is 5.91 Å². The van der Waals surface area contributed by atoms with Gasteiger partial charge in [-0.3, -0.25) is 14.2 Å². The van der Waals surface area contributed by atoms with Crippen LogP contribution < -0.4 is 25.1 Å². The Morgan fingerprint density at radius 2 is 1.67 bits per heavy atom. The zero-order valence-corrected chi connectivity index (χ0v) is 21.0. The van der Waals surface area contributed by atoms with E-state index in [4.69, 9.17) is 14.2 Å². The molecule has 186 valence electrons. The summed E-state index contributed by atoms with van der Waals surface area (Å²) in [5, 5.41) is 3.78. The van der Waals surface area contributed by atoms with E-state index in [0.29, 0.717) is 41.3 Å². The van der Waals surface area contributed by atoms with E-state index in [1.807, 2.05) is 49.4 Å². The van der Waals surface area contributed by atoms with Crippen molar-refractivity contribution in [3.63, 3.8) is 0 Å². The highest BCUT2D eigenvalue weighted by atomic mass is 16.5. The third-order valence-electron chi connectivity index (χ3n) is 6.11. The number of amides is 1. The molecule has 1 aromatic heterocycles. The van der Waals surface area contributed by atoms with Crippen molar-refractivity contribution in [3.05, 3.63) is 93.8 Å². The van der Waals surface area contributed by atoms with Crippen LogP contribution in [-0.4, -0.2) is 31.8 Å². The zero-order chi connectivity index (χ0) is 25.7. The molecule has 3 aromatic carbocycles. The van der Waals surface area contributed by atoms with E-state index in [1.54, 1.807) is 50.2 Å². The van der Waals surface area contributed by atoms with Gasteiger partial charge in [-0.15, -0.1) is 0 Å². The summed E-state index contributed by atoms with van der Waals surface area (Å²) in [7, 11) is 4.77. The van der Waals surface area contributed by atoms with E-state index in [1.165, 1.54) is 0 Å². The number of pyridine rings is 1. The predicted molar refractivity (Wildman–Crippen MR) is 142 cm³/mol. The third kappa shape index (κ3) is 5.51. The molecule has 0 radical (unpaired) electrons. The Labute approximate surface area is 210 Å². The monoisotopic (exact) mass is 486 g/mol. The van der Waals surface area contributed by atoms with Crippen molar-refractivity contribution in [1.29, 1.82) is 0 Å². The van der Waals surface area contributed by atoms with E-state index in [0.717, 1.165) is 22.0 Å². The molecule has 7 heteroatoms. The minimum absolute atomic E-state index is 0.0970. The molecule has 1 heterocycles. The van der Waals surface area contributed by atoms with Crippen LogP contribution in [0.4, 0.5) is 5.69 Å². The van der Waals surface area contributed by atoms with Crippen LogP contribution in [0.1, 0.15) is 16.7 Å². The molecule has 1 amide bonds. The molecule has 0 fully saturated rings. The maximum Gasteiger partial charge on any atom is 0.254 e. The molecule has 0 saturated heterocycles. The quantitative estimate of drug-likeness (QED) is 0.369. The molecule has 36 heavy (non-hydrogen) atoms. The lowest BCUT2D eigenvalue weighted by Gasteiger charge is -2.15. The van der Waals surface area contributed by atoms with E-state index in [2.05, 4.69) is 5.32 Å². The van der Waals surface area contributed by atoms with Crippen molar-refractivity contribution < 1.29 is 19.0 Å². The maximum absolute atomic E-state index is 13.5. The minimum atomic E-state index is -0.287. The molecule has 1 N–H and O–H groups in total. The van der Waals surface area contributed by atoms with Gasteiger partial charge < -0.3 is 19.5 Å². The lowest BCUT2D eigenvalue weighted by atomic mass is 10.0. The number of nitrogens with zero attached hydrogens (tertiary/aromatic N) is 1. The second-order valence-electron chi connectivity index (χ2n) is 8.59. The van der Waals surface area contributed by atoms with Crippen LogP contribution in [0.3, 0.4) is 0 Å². The SMILES string of the molecule is COc1cccc(NC(=O)Cn2c(=O)c(CCc3ccc(OC)c(OC)c3)cc3ccc(C)cc32)c1. The first-order valence-corrected chi connectivity index (χ1v) is 11.7. The smallest absolute Gasteiger partial charge is 0.254 e. The van der Waals surface area contributed by atoms with Crippen molar-refractivity contribution in [2.75, 3.05) is 26.6 Å². The average molecular weight is 487 g/mol. The van der Waals surface area contributed by atoms with E-state index < -0.39 is 0 Å². The number of hydrogen-bond donors (Lipinski definition) is 1. The standard InChI is InChI=1S/C29H30N2O5/c1-19-8-11-21-16-22(12-9-20-10-13-26(35-3)27(15-20)36-4)29(33)31(25(21)14-19)18-28(32)30-23-6-5-7-24(17-23)34-2/h5-8,10-11,13-17H,9,12,18H2,1-4H3,(H,30,32). The number of rotatable bonds is 9. The molecule has 4 rings (SSSR count). The summed E-state index contributed by atoms with van der Waals surface area (Å²) in [5.74, 6) is 1.66. The number of carbonyl (C=O) groups is 1. The Kier molecular flexibility index (Phi) is 7.59. The highest BCUT2D eigenvalue weighted by Crippen LogP contribution is 2.28. The fourth-order valence-electron chi connectivity index (χ4n) is 4.24. The number of ether oxygens (including phenoxy) is 3. The molecule has 0 aliphatic heterocycles. The summed E-state index contributed by atoms with van der Waals surface area (Å²) in [6, 6.07) is 20.7. The number of aryl methyl sites for hydroxylation is 3. The Hall–Kier alpha value is -4.26. The van der Waals surface area contributed by atoms with E-state index in [9.17, 15) is 9.59 Å². The molecule has 0 saturated carbocycles. The molecular formula is C29H30N2O5. The minimum Gasteiger partial charge on any atom is -0.497 e. The number of nitrogens with one attached hydrogen (secondary N) is 1. The number of methoxy groups -OCH3 is 3. The molecular weight excluding hydrogens is 456 g/mol. The lowest BCUT2D eigenvalue weighted by Crippen LogP contribution is -2.30. The second kappa shape index (κ2) is 11.0. The van der Waals surface area contributed by atoms with Gasteiger partial charge in [-0.2, -0.15) is 0 Å². The van der Waals surface area contributed by atoms with Crippen molar-refractivity contribution in [2.24, 2.45) is 0 Å². The van der Waals surface area contributed by atoms with Crippen LogP contribution in [0.25, 0.3) is 10.9 Å². The van der Waals surface area contributed by atoms with E-state index in [-0.39, 0.29) is 18.0 Å². The van der Waals surface area contributed by atoms with Crippen molar-refractivity contribution in [2.45, 2.75) is 26.3 Å². The average Bonchev–Trinajstić information content (AvgIpc) is 2.89. The fraction of sp³-hybridized carbons (Fsp3) is 0.241. The van der Waals surface area contributed by atoms with E-state index >= 15 is 0 Å². The topological polar surface area (TPSA) is 78.8 Å². The number of hydrogen-bond acceptors (Lipinski definition) is 5. The molecule has 0 aliphatic rings. The molecule has 0 atom stereocenters. The van der Waals surface area contributed by atoms with Crippen molar-refractivity contribution in [1.82, 2.24) is 4.57 Å². The number of carbonyl (C=O) groups excluding carboxylic acids is 1. The summed E-state index contributed by atoms with van der Waals surface area (Å²) in [6.45, 7) is 1.87. The van der Waals surface area contributed by atoms with Crippen molar-refractivity contribution >= 4 is 22.5 Å². The van der Waals surface area contributed by atoms with Gasteiger partial charge in [0, 0.05) is 17.3 Å². The number of fused-ring (bicyclic) bond motifs is 1. The lowest BCUT2D eigenvalue weighted by molar-refractivity contribution is -0.116. The fourth-order valence-corrected chi connectivity index (χ4v) is 4.24. The highest BCUT2D eigenvalue weighted by molar-refractivity contribution is 5.92. The zero-order valence-electron chi connectivity index (χ0n) is 21.0. The van der Waals surface area contributed by atoms with Gasteiger partial charge in [-0.05, 0) is 72.7 Å². The number of aromatic nitrogens is 1. The third-order valence-corrected chi connectivity index (χ3v) is 6.11. The molecule has 0 bridgehead atoms. The Balaban J connectivity index is 1.63. The summed E-state index contributed by atoms with van der Waals surface area (Å²) in [5.41, 5.74) is 3.86. The number of benzene rings is 3. The summed E-state index contributed by atoms with van der Waals surface area (Å²) >= 11 is 0. The first-order valence-electron chi connectivity index (χ1n) is 11.7. The molecule has 7 nitrogen and oxygen atoms in total. The summed E-state index contributed by atoms with van der Waals surface area (Å²) < 4.78 is 17.5. The van der Waals surface area contributed by atoms with Crippen LogP contribution in [0, 0.1) is 6.92 Å². The molecule has 0 aliphatic carbocycles. The van der Waals surface area contributed by atoms with Gasteiger partial charge in [-0.25, -0.2) is 0 Å². The van der Waals surface area contributed by atoms with Crippen molar-refractivity contribution in [3.8, 4) is 17.2 Å². The van der Waals surface area contributed by atoms with Gasteiger partial charge in [0.15, 0.2) is 11.5 Å². The first kappa shape index (κ1) is 24.9. The van der Waals surface area contributed by atoms with Gasteiger partial charge in [-0.1, -0.05) is 24.3 Å². The van der Waals surface area contributed by atoms with Crippen LogP contribution >= 0.6 is 0 Å². The molecule has 0 unspecified atom stereocenters. The van der Waals surface area contributed by atoms with Gasteiger partial charge in [0.05, 0.1) is 26.8 Å². The second-order valence-corrected chi connectivity index (χ2v) is 8.59. The Morgan fingerprint density at radius 1 is 0.861 bits per heavy atom. The summed E-state index contributed by atoms with van der Waals surface area (Å²) in [6.07, 6.45) is 1.17. The Bertz CT molecular complexity index is 1460. The van der Waals surface area contributed by atoms with Gasteiger partial charge in [0.1, 0.15) is 12.3 Å². The van der Waals surface area contributed by atoms with Crippen LogP contribution in [0.15, 0.2) is 71.5 Å². The highest BCUT2D eigenvalue weighted by Gasteiger charge is 2.14. The van der Waals surface area contributed by atoms with Gasteiger partial charge >= 0.3 is 0 Å². The largest absolute Gasteiger partial charge is 0.497 e. The molecule has 4 aromatic rings. The normalized spacial score (nSPS) is 10.8. The maximum atomic E-state index is 13.5.